The number of rotatable bonds is 1. The van der Waals surface area contributed by atoms with Gasteiger partial charge in [-0.05, 0) is 6.92 Å². The van der Waals surface area contributed by atoms with Gasteiger partial charge in [0, 0.05) is 24.8 Å². The third-order valence-electron chi connectivity index (χ3n) is 2.23. The van der Waals surface area contributed by atoms with E-state index in [0.29, 0.717) is 0 Å². The van der Waals surface area contributed by atoms with Gasteiger partial charge in [-0.1, -0.05) is 0 Å². The molecule has 0 aromatic carbocycles. The minimum absolute atomic E-state index is 0.730. The molecule has 3 aromatic rings. The highest BCUT2D eigenvalue weighted by atomic mass is 15.3. The van der Waals surface area contributed by atoms with E-state index in [4.69, 9.17) is 0 Å². The molecule has 0 saturated heterocycles. The first-order chi connectivity index (χ1) is 7.36. The standard InChI is InChI=1S/C9H8N6/c1-7-12-13-9-8(11-3-5-15(7)9)14-4-2-10-6-14/h2-6H,1H3. The van der Waals surface area contributed by atoms with Crippen molar-refractivity contribution in [3.05, 3.63) is 36.9 Å². The number of hydrogen-bond acceptors (Lipinski definition) is 4. The van der Waals surface area contributed by atoms with Crippen LogP contribution in [0.1, 0.15) is 5.82 Å². The summed E-state index contributed by atoms with van der Waals surface area (Å²) in [6.07, 6.45) is 8.77. The molecule has 0 N–H and O–H groups in total. The van der Waals surface area contributed by atoms with Gasteiger partial charge in [0.05, 0.1) is 0 Å². The predicted molar refractivity (Wildman–Crippen MR) is 52.6 cm³/mol. The molecule has 0 fully saturated rings. The molecule has 6 heteroatoms. The Morgan fingerprint density at radius 2 is 2.07 bits per heavy atom. The molecule has 3 heterocycles. The number of nitrogens with zero attached hydrogens (tertiary/aromatic N) is 6. The maximum atomic E-state index is 4.26. The molecule has 0 amide bonds. The molecule has 74 valence electrons. The van der Waals surface area contributed by atoms with Gasteiger partial charge in [-0.2, -0.15) is 0 Å². The molecule has 0 saturated carbocycles. The van der Waals surface area contributed by atoms with Crippen molar-refractivity contribution in [1.29, 1.82) is 0 Å². The number of imidazole rings is 1. The van der Waals surface area contributed by atoms with E-state index in [0.717, 1.165) is 17.3 Å². The van der Waals surface area contributed by atoms with E-state index in [-0.39, 0.29) is 0 Å². The molecule has 0 aliphatic heterocycles. The number of hydrogen-bond donors (Lipinski definition) is 0. The van der Waals surface area contributed by atoms with Crippen LogP contribution in [-0.4, -0.2) is 29.1 Å². The molecule has 15 heavy (non-hydrogen) atoms. The highest BCUT2D eigenvalue weighted by Crippen LogP contribution is 2.10. The normalized spacial score (nSPS) is 11.0. The van der Waals surface area contributed by atoms with Crippen molar-refractivity contribution in [1.82, 2.24) is 29.1 Å². The van der Waals surface area contributed by atoms with Crippen LogP contribution in [0.3, 0.4) is 0 Å². The Bertz CT molecular complexity index is 594. The van der Waals surface area contributed by atoms with Crippen molar-refractivity contribution in [3.63, 3.8) is 0 Å². The number of aromatic nitrogens is 6. The fraction of sp³-hybridized carbons (Fsp3) is 0.111. The fourth-order valence-corrected chi connectivity index (χ4v) is 1.50. The summed E-state index contributed by atoms with van der Waals surface area (Å²) in [7, 11) is 0. The third-order valence-corrected chi connectivity index (χ3v) is 2.23. The van der Waals surface area contributed by atoms with Gasteiger partial charge in [-0.3, -0.25) is 8.97 Å². The zero-order valence-corrected chi connectivity index (χ0v) is 8.07. The molecular formula is C9H8N6. The Hall–Kier alpha value is -2.24. The molecule has 3 aromatic heterocycles. The minimum atomic E-state index is 0.730. The van der Waals surface area contributed by atoms with Gasteiger partial charge in [0.15, 0.2) is 5.82 Å². The third kappa shape index (κ3) is 1.11. The molecule has 0 unspecified atom stereocenters. The topological polar surface area (TPSA) is 60.9 Å². The maximum Gasteiger partial charge on any atom is 0.204 e. The molecule has 6 nitrogen and oxygen atoms in total. The monoisotopic (exact) mass is 200 g/mol. The summed E-state index contributed by atoms with van der Waals surface area (Å²) < 4.78 is 3.70. The lowest BCUT2D eigenvalue weighted by Gasteiger charge is -2.01. The van der Waals surface area contributed by atoms with E-state index in [1.54, 1.807) is 18.7 Å². The number of aryl methyl sites for hydroxylation is 1. The lowest BCUT2D eigenvalue weighted by atomic mass is 10.5. The Balaban J connectivity index is 2.36. The van der Waals surface area contributed by atoms with Crippen LogP contribution in [0.2, 0.25) is 0 Å². The second-order valence-corrected chi connectivity index (χ2v) is 3.16. The van der Waals surface area contributed by atoms with E-state index < -0.39 is 0 Å². The Morgan fingerprint density at radius 1 is 1.13 bits per heavy atom. The second-order valence-electron chi connectivity index (χ2n) is 3.16. The van der Waals surface area contributed by atoms with Gasteiger partial charge >= 0.3 is 0 Å². The van der Waals surface area contributed by atoms with Gasteiger partial charge in [0.25, 0.3) is 0 Å². The summed E-state index contributed by atoms with van der Waals surface area (Å²) in [6.45, 7) is 1.90. The molecule has 0 atom stereocenters. The summed E-state index contributed by atoms with van der Waals surface area (Å²) in [5.74, 6) is 1.57. The lowest BCUT2D eigenvalue weighted by molar-refractivity contribution is 0.959. The first-order valence-corrected chi connectivity index (χ1v) is 4.51. The van der Waals surface area contributed by atoms with Crippen LogP contribution in [0.15, 0.2) is 31.1 Å². The average Bonchev–Trinajstić information content (AvgIpc) is 2.88. The van der Waals surface area contributed by atoms with Gasteiger partial charge < -0.3 is 0 Å². The summed E-state index contributed by atoms with van der Waals surface area (Å²) >= 11 is 0. The minimum Gasteiger partial charge on any atom is -0.287 e. The van der Waals surface area contributed by atoms with Gasteiger partial charge in [0.1, 0.15) is 12.2 Å². The van der Waals surface area contributed by atoms with Crippen molar-refractivity contribution in [3.8, 4) is 5.82 Å². The second kappa shape index (κ2) is 2.88. The SMILES string of the molecule is Cc1nnc2c(-n3ccnc3)nccn12. The maximum absolute atomic E-state index is 4.26. The molecule has 0 bridgehead atoms. The van der Waals surface area contributed by atoms with E-state index in [9.17, 15) is 0 Å². The zero-order chi connectivity index (χ0) is 10.3. The predicted octanol–water partition coefficient (Wildman–Crippen LogP) is 0.618. The first-order valence-electron chi connectivity index (χ1n) is 4.51. The van der Waals surface area contributed by atoms with Crippen LogP contribution in [0.25, 0.3) is 11.5 Å². The average molecular weight is 200 g/mol. The van der Waals surface area contributed by atoms with Crippen molar-refractivity contribution >= 4 is 5.65 Å². The van der Waals surface area contributed by atoms with Gasteiger partial charge in [-0.15, -0.1) is 10.2 Å². The van der Waals surface area contributed by atoms with Crippen LogP contribution in [0.5, 0.6) is 0 Å². The van der Waals surface area contributed by atoms with E-state index in [1.165, 1.54) is 0 Å². The van der Waals surface area contributed by atoms with Gasteiger partial charge in [-0.25, -0.2) is 9.97 Å². The summed E-state index contributed by atoms with van der Waals surface area (Å²) in [5, 5.41) is 8.08. The summed E-state index contributed by atoms with van der Waals surface area (Å²) in [4.78, 5) is 8.24. The van der Waals surface area contributed by atoms with Crippen molar-refractivity contribution in [2.75, 3.05) is 0 Å². The van der Waals surface area contributed by atoms with Crippen LogP contribution in [-0.2, 0) is 0 Å². The van der Waals surface area contributed by atoms with Crippen LogP contribution >= 0.6 is 0 Å². The van der Waals surface area contributed by atoms with Crippen molar-refractivity contribution < 1.29 is 0 Å². The zero-order valence-electron chi connectivity index (χ0n) is 8.07. The van der Waals surface area contributed by atoms with Crippen LogP contribution in [0, 0.1) is 6.92 Å². The number of fused-ring (bicyclic) bond motifs is 1. The van der Waals surface area contributed by atoms with Crippen LogP contribution < -0.4 is 0 Å². The molecule has 0 spiro atoms. The fourth-order valence-electron chi connectivity index (χ4n) is 1.50. The molecule has 3 rings (SSSR count). The summed E-state index contributed by atoms with van der Waals surface area (Å²) in [6, 6.07) is 0. The van der Waals surface area contributed by atoms with Crippen molar-refractivity contribution in [2.24, 2.45) is 0 Å². The first kappa shape index (κ1) is 8.10. The molecular weight excluding hydrogens is 192 g/mol. The highest BCUT2D eigenvalue weighted by Gasteiger charge is 2.08. The van der Waals surface area contributed by atoms with E-state index in [2.05, 4.69) is 20.2 Å². The quantitative estimate of drug-likeness (QED) is 0.577. The van der Waals surface area contributed by atoms with E-state index in [1.807, 2.05) is 28.3 Å². The molecule has 0 aliphatic carbocycles. The van der Waals surface area contributed by atoms with Crippen LogP contribution in [0.4, 0.5) is 0 Å². The van der Waals surface area contributed by atoms with Crippen molar-refractivity contribution in [2.45, 2.75) is 6.92 Å². The Kier molecular flexibility index (Phi) is 1.55. The molecule has 0 aliphatic rings. The largest absolute Gasteiger partial charge is 0.287 e. The summed E-state index contributed by atoms with van der Waals surface area (Å²) in [5.41, 5.74) is 0.730. The molecule has 0 radical (unpaired) electrons. The van der Waals surface area contributed by atoms with Gasteiger partial charge in [0.2, 0.25) is 5.65 Å². The highest BCUT2D eigenvalue weighted by molar-refractivity contribution is 5.53. The van der Waals surface area contributed by atoms with E-state index >= 15 is 0 Å². The Labute approximate surface area is 85.2 Å². The smallest absolute Gasteiger partial charge is 0.204 e. The Morgan fingerprint density at radius 3 is 2.87 bits per heavy atom. The lowest BCUT2D eigenvalue weighted by Crippen LogP contribution is -1.99.